The number of aromatic nitrogens is 2. The zero-order chi connectivity index (χ0) is 18.6. The minimum absolute atomic E-state index is 0.654. The molecule has 1 aliphatic heterocycles. The molecule has 0 radical (unpaired) electrons. The smallest absolute Gasteiger partial charge is 0.133 e. The number of nitrogens with zero attached hydrogens (tertiary/aromatic N) is 3. The van der Waals surface area contributed by atoms with Gasteiger partial charge in [0.05, 0.1) is 30.1 Å². The summed E-state index contributed by atoms with van der Waals surface area (Å²) in [7, 11) is 1.69. The molecule has 0 amide bonds. The van der Waals surface area contributed by atoms with Crippen LogP contribution in [0.3, 0.4) is 0 Å². The maximum absolute atomic E-state index is 9.04. The molecule has 2 aromatic carbocycles. The van der Waals surface area contributed by atoms with Crippen molar-refractivity contribution in [1.82, 2.24) is 9.78 Å². The molecular weight excluding hydrogens is 336 g/mol. The molecule has 0 unspecified atom stereocenters. The summed E-state index contributed by atoms with van der Waals surface area (Å²) in [5, 5.41) is 17.5. The predicted octanol–water partition coefficient (Wildman–Crippen LogP) is 4.09. The second-order valence-electron chi connectivity index (χ2n) is 6.76. The Morgan fingerprint density at radius 1 is 1.19 bits per heavy atom. The highest BCUT2D eigenvalue weighted by Gasteiger charge is 2.20. The fraction of sp³-hybridized carbons (Fsp3) is 0.273. The third kappa shape index (κ3) is 3.52. The highest BCUT2D eigenvalue weighted by molar-refractivity contribution is 5.55. The minimum Gasteiger partial charge on any atom is -0.497 e. The van der Waals surface area contributed by atoms with Gasteiger partial charge < -0.3 is 10.1 Å². The number of anilines is 1. The zero-order valence-corrected chi connectivity index (χ0v) is 15.4. The summed E-state index contributed by atoms with van der Waals surface area (Å²) in [5.41, 5.74) is 5.20. The molecule has 5 nitrogen and oxygen atoms in total. The van der Waals surface area contributed by atoms with E-state index in [2.05, 4.69) is 23.5 Å². The number of nitriles is 1. The van der Waals surface area contributed by atoms with Gasteiger partial charge in [-0.05, 0) is 61.2 Å². The van der Waals surface area contributed by atoms with Crippen molar-refractivity contribution in [3.8, 4) is 17.5 Å². The number of benzene rings is 2. The van der Waals surface area contributed by atoms with Gasteiger partial charge in [0.15, 0.2) is 0 Å². The van der Waals surface area contributed by atoms with Crippen LogP contribution in [0.5, 0.6) is 5.75 Å². The van der Waals surface area contributed by atoms with E-state index in [1.807, 2.05) is 41.1 Å². The molecule has 0 atom stereocenters. The summed E-state index contributed by atoms with van der Waals surface area (Å²) in [4.78, 5) is 0. The highest BCUT2D eigenvalue weighted by Crippen LogP contribution is 2.30. The molecule has 0 spiro atoms. The molecule has 0 aliphatic carbocycles. The normalized spacial score (nSPS) is 13.2. The quantitative estimate of drug-likeness (QED) is 0.763. The SMILES string of the molecule is COc1cccc(Cc2nn(-c3ccc(C#N)cc3)c3c2CCCCN3)c1. The lowest BCUT2D eigenvalue weighted by molar-refractivity contribution is 0.414. The van der Waals surface area contributed by atoms with E-state index in [0.29, 0.717) is 5.56 Å². The molecular formula is C22H22N4O. The summed E-state index contributed by atoms with van der Waals surface area (Å²) in [6.45, 7) is 0.952. The van der Waals surface area contributed by atoms with Crippen molar-refractivity contribution < 1.29 is 4.74 Å². The molecule has 0 saturated heterocycles. The molecule has 3 aromatic rings. The van der Waals surface area contributed by atoms with Crippen LogP contribution in [0.2, 0.25) is 0 Å². The predicted molar refractivity (Wildman–Crippen MR) is 106 cm³/mol. The molecule has 0 bridgehead atoms. The van der Waals surface area contributed by atoms with E-state index in [0.717, 1.165) is 55.2 Å². The number of ether oxygens (including phenoxy) is 1. The van der Waals surface area contributed by atoms with Crippen LogP contribution in [-0.2, 0) is 12.8 Å². The lowest BCUT2D eigenvalue weighted by Gasteiger charge is -2.09. The first kappa shape index (κ1) is 17.2. The van der Waals surface area contributed by atoms with Gasteiger partial charge in [-0.2, -0.15) is 10.4 Å². The van der Waals surface area contributed by atoms with E-state index in [-0.39, 0.29) is 0 Å². The zero-order valence-electron chi connectivity index (χ0n) is 15.4. The van der Waals surface area contributed by atoms with Gasteiger partial charge in [-0.1, -0.05) is 12.1 Å². The van der Waals surface area contributed by atoms with E-state index in [4.69, 9.17) is 15.1 Å². The number of hydrogen-bond donors (Lipinski definition) is 1. The van der Waals surface area contributed by atoms with Crippen LogP contribution < -0.4 is 10.1 Å². The number of fused-ring (bicyclic) bond motifs is 1. The number of hydrogen-bond acceptors (Lipinski definition) is 4. The second kappa shape index (κ2) is 7.55. The Balaban J connectivity index is 1.75. The Hall–Kier alpha value is -3.26. The fourth-order valence-electron chi connectivity index (χ4n) is 3.56. The topological polar surface area (TPSA) is 62.9 Å². The standard InChI is InChI=1S/C22H22N4O/c1-27-19-6-4-5-17(13-19)14-21-20-7-2-3-12-24-22(20)26(25-21)18-10-8-16(15-23)9-11-18/h4-6,8-11,13,24H,2-3,7,12,14H2,1H3. The molecule has 1 aliphatic rings. The van der Waals surface area contributed by atoms with E-state index >= 15 is 0 Å². The van der Waals surface area contributed by atoms with Gasteiger partial charge >= 0.3 is 0 Å². The monoisotopic (exact) mass is 358 g/mol. The van der Waals surface area contributed by atoms with Crippen molar-refractivity contribution in [2.24, 2.45) is 0 Å². The van der Waals surface area contributed by atoms with Crippen molar-refractivity contribution in [3.63, 3.8) is 0 Å². The molecule has 0 saturated carbocycles. The first-order valence-electron chi connectivity index (χ1n) is 9.26. The Morgan fingerprint density at radius 3 is 2.81 bits per heavy atom. The third-order valence-electron chi connectivity index (χ3n) is 4.96. The number of methoxy groups -OCH3 is 1. The molecule has 5 heteroatoms. The molecule has 136 valence electrons. The van der Waals surface area contributed by atoms with Gasteiger partial charge in [-0.15, -0.1) is 0 Å². The lowest BCUT2D eigenvalue weighted by atomic mass is 10.0. The highest BCUT2D eigenvalue weighted by atomic mass is 16.5. The van der Waals surface area contributed by atoms with Gasteiger partial charge in [0.1, 0.15) is 11.6 Å². The fourth-order valence-corrected chi connectivity index (χ4v) is 3.56. The number of rotatable bonds is 4. The molecule has 4 rings (SSSR count). The van der Waals surface area contributed by atoms with Gasteiger partial charge in [0, 0.05) is 18.5 Å². The van der Waals surface area contributed by atoms with Crippen molar-refractivity contribution in [2.75, 3.05) is 19.0 Å². The van der Waals surface area contributed by atoms with Crippen molar-refractivity contribution in [3.05, 3.63) is 70.9 Å². The second-order valence-corrected chi connectivity index (χ2v) is 6.76. The van der Waals surface area contributed by atoms with Crippen LogP contribution >= 0.6 is 0 Å². The maximum atomic E-state index is 9.04. The summed E-state index contributed by atoms with van der Waals surface area (Å²) >= 11 is 0. The van der Waals surface area contributed by atoms with Crippen LogP contribution in [0, 0.1) is 11.3 Å². The van der Waals surface area contributed by atoms with Crippen LogP contribution in [0.25, 0.3) is 5.69 Å². The van der Waals surface area contributed by atoms with Gasteiger partial charge in [-0.3, -0.25) is 0 Å². The van der Waals surface area contributed by atoms with Crippen molar-refractivity contribution >= 4 is 5.82 Å². The Kier molecular flexibility index (Phi) is 4.80. The van der Waals surface area contributed by atoms with Crippen LogP contribution in [0.15, 0.2) is 48.5 Å². The Bertz CT molecular complexity index is 983. The van der Waals surface area contributed by atoms with Crippen LogP contribution in [0.4, 0.5) is 5.82 Å². The minimum atomic E-state index is 0.654. The summed E-state index contributed by atoms with van der Waals surface area (Å²) in [6, 6.07) is 17.9. The maximum Gasteiger partial charge on any atom is 0.133 e. The van der Waals surface area contributed by atoms with Crippen LogP contribution in [0.1, 0.15) is 35.2 Å². The largest absolute Gasteiger partial charge is 0.497 e. The molecule has 0 fully saturated rings. The summed E-state index contributed by atoms with van der Waals surface area (Å²) in [5.74, 6) is 1.94. The van der Waals surface area contributed by atoms with E-state index < -0.39 is 0 Å². The van der Waals surface area contributed by atoms with Gasteiger partial charge in [-0.25, -0.2) is 4.68 Å². The van der Waals surface area contributed by atoms with Gasteiger partial charge in [0.25, 0.3) is 0 Å². The van der Waals surface area contributed by atoms with Crippen molar-refractivity contribution in [2.45, 2.75) is 25.7 Å². The lowest BCUT2D eigenvalue weighted by Crippen LogP contribution is -2.07. The molecule has 1 N–H and O–H groups in total. The number of nitrogens with one attached hydrogen (secondary N) is 1. The average Bonchev–Trinajstić information content (AvgIpc) is 2.89. The molecule has 1 aromatic heterocycles. The third-order valence-corrected chi connectivity index (χ3v) is 4.96. The average molecular weight is 358 g/mol. The summed E-state index contributed by atoms with van der Waals surface area (Å²) < 4.78 is 7.34. The first-order chi connectivity index (χ1) is 13.3. The van der Waals surface area contributed by atoms with E-state index in [1.54, 1.807) is 7.11 Å². The van der Waals surface area contributed by atoms with E-state index in [1.165, 1.54) is 11.1 Å². The van der Waals surface area contributed by atoms with Crippen LogP contribution in [-0.4, -0.2) is 23.4 Å². The van der Waals surface area contributed by atoms with Crippen molar-refractivity contribution in [1.29, 1.82) is 5.26 Å². The van der Waals surface area contributed by atoms with E-state index in [9.17, 15) is 0 Å². The first-order valence-corrected chi connectivity index (χ1v) is 9.26. The Labute approximate surface area is 159 Å². The molecule has 2 heterocycles. The summed E-state index contributed by atoms with van der Waals surface area (Å²) in [6.07, 6.45) is 4.10. The molecule has 27 heavy (non-hydrogen) atoms. The Morgan fingerprint density at radius 2 is 2.04 bits per heavy atom. The van der Waals surface area contributed by atoms with Gasteiger partial charge in [0.2, 0.25) is 0 Å².